The van der Waals surface area contributed by atoms with Gasteiger partial charge in [-0.1, -0.05) is 0 Å². The Balaban J connectivity index is 2.07. The normalized spacial score (nSPS) is 20.8. The summed E-state index contributed by atoms with van der Waals surface area (Å²) < 4.78 is 15.3. The fourth-order valence-electron chi connectivity index (χ4n) is 1.72. The maximum absolute atomic E-state index is 14.3. The van der Waals surface area contributed by atoms with Gasteiger partial charge < -0.3 is 5.73 Å². The Hall–Kier alpha value is 0.0700. The van der Waals surface area contributed by atoms with E-state index in [1.54, 1.807) is 11.3 Å². The molecule has 0 saturated heterocycles. The zero-order chi connectivity index (χ0) is 10.2. The summed E-state index contributed by atoms with van der Waals surface area (Å²) in [5.74, 6) is 0.202. The van der Waals surface area contributed by atoms with Gasteiger partial charge in [0.1, 0.15) is 5.67 Å². The highest BCUT2D eigenvalue weighted by atomic mass is 79.9. The molecule has 0 spiro atoms. The van der Waals surface area contributed by atoms with E-state index < -0.39 is 5.67 Å². The van der Waals surface area contributed by atoms with Crippen molar-refractivity contribution in [1.29, 1.82) is 0 Å². The quantitative estimate of drug-likeness (QED) is 0.899. The molecule has 1 unspecified atom stereocenters. The number of alkyl halides is 1. The highest BCUT2D eigenvalue weighted by molar-refractivity contribution is 9.10. The van der Waals surface area contributed by atoms with Crippen molar-refractivity contribution in [3.8, 4) is 0 Å². The van der Waals surface area contributed by atoms with Crippen molar-refractivity contribution in [1.82, 2.24) is 0 Å². The first-order chi connectivity index (χ1) is 6.64. The van der Waals surface area contributed by atoms with Crippen molar-refractivity contribution in [2.45, 2.75) is 24.9 Å². The molecule has 1 aliphatic carbocycles. The zero-order valence-electron chi connectivity index (χ0n) is 7.80. The molecule has 1 nitrogen and oxygen atoms in total. The third kappa shape index (κ3) is 2.18. The Morgan fingerprint density at radius 1 is 1.64 bits per heavy atom. The first kappa shape index (κ1) is 10.6. The lowest BCUT2D eigenvalue weighted by atomic mass is 9.95. The maximum atomic E-state index is 14.3. The van der Waals surface area contributed by atoms with Crippen LogP contribution in [0.15, 0.2) is 15.9 Å². The van der Waals surface area contributed by atoms with E-state index in [0.29, 0.717) is 6.42 Å². The Bertz CT molecular complexity index is 324. The molecule has 0 bridgehead atoms. The number of halogens is 2. The van der Waals surface area contributed by atoms with Crippen LogP contribution in [-0.2, 0) is 6.42 Å². The van der Waals surface area contributed by atoms with Crippen LogP contribution >= 0.6 is 27.3 Å². The fourth-order valence-corrected chi connectivity index (χ4v) is 3.28. The van der Waals surface area contributed by atoms with Gasteiger partial charge in [-0.15, -0.1) is 11.3 Å². The van der Waals surface area contributed by atoms with E-state index in [1.807, 2.05) is 11.4 Å². The van der Waals surface area contributed by atoms with E-state index in [1.165, 1.54) is 0 Å². The summed E-state index contributed by atoms with van der Waals surface area (Å²) in [6, 6.07) is 1.98. The van der Waals surface area contributed by atoms with Crippen LogP contribution in [0.2, 0.25) is 0 Å². The van der Waals surface area contributed by atoms with Crippen molar-refractivity contribution >= 4 is 27.3 Å². The molecular weight excluding hydrogens is 265 g/mol. The van der Waals surface area contributed by atoms with Gasteiger partial charge in [0, 0.05) is 27.7 Å². The molecule has 78 valence electrons. The zero-order valence-corrected chi connectivity index (χ0v) is 10.2. The number of hydrogen-bond donors (Lipinski definition) is 1. The Labute approximate surface area is 95.6 Å². The summed E-state index contributed by atoms with van der Waals surface area (Å²) >= 11 is 4.97. The summed E-state index contributed by atoms with van der Waals surface area (Å²) in [6.45, 7) is 0.146. The van der Waals surface area contributed by atoms with Crippen molar-refractivity contribution < 1.29 is 4.39 Å². The largest absolute Gasteiger partial charge is 0.328 e. The van der Waals surface area contributed by atoms with Gasteiger partial charge in [-0.25, -0.2) is 4.39 Å². The van der Waals surface area contributed by atoms with Crippen LogP contribution in [0.1, 0.15) is 17.7 Å². The van der Waals surface area contributed by atoms with Gasteiger partial charge in [-0.3, -0.25) is 0 Å². The highest BCUT2D eigenvalue weighted by Gasteiger charge is 2.44. The lowest BCUT2D eigenvalue weighted by Crippen LogP contribution is -2.37. The summed E-state index contributed by atoms with van der Waals surface area (Å²) in [4.78, 5) is 1.08. The van der Waals surface area contributed by atoms with Gasteiger partial charge in [0.15, 0.2) is 0 Å². The van der Waals surface area contributed by atoms with E-state index in [9.17, 15) is 4.39 Å². The first-order valence-electron chi connectivity index (χ1n) is 4.76. The minimum Gasteiger partial charge on any atom is -0.328 e. The van der Waals surface area contributed by atoms with Gasteiger partial charge in [0.05, 0.1) is 0 Å². The molecule has 1 heterocycles. The lowest BCUT2D eigenvalue weighted by Gasteiger charge is -2.22. The predicted octanol–water partition coefficient (Wildman–Crippen LogP) is 3.13. The molecule has 2 N–H and O–H groups in total. The van der Waals surface area contributed by atoms with Crippen LogP contribution < -0.4 is 5.73 Å². The van der Waals surface area contributed by atoms with Crippen molar-refractivity contribution in [3.63, 3.8) is 0 Å². The van der Waals surface area contributed by atoms with Crippen LogP contribution in [0, 0.1) is 5.92 Å². The maximum Gasteiger partial charge on any atom is 0.130 e. The number of thiophene rings is 1. The van der Waals surface area contributed by atoms with E-state index in [0.717, 1.165) is 22.2 Å². The molecule has 0 aliphatic heterocycles. The average molecular weight is 278 g/mol. The third-order valence-electron chi connectivity index (χ3n) is 2.74. The summed E-state index contributed by atoms with van der Waals surface area (Å²) in [6.07, 6.45) is 2.48. The molecule has 0 amide bonds. The van der Waals surface area contributed by atoms with Crippen LogP contribution in [0.25, 0.3) is 0 Å². The molecule has 1 aromatic heterocycles. The van der Waals surface area contributed by atoms with Gasteiger partial charge >= 0.3 is 0 Å². The van der Waals surface area contributed by atoms with Crippen molar-refractivity contribution in [2.24, 2.45) is 11.7 Å². The van der Waals surface area contributed by atoms with Crippen molar-refractivity contribution in [3.05, 3.63) is 20.8 Å². The molecule has 0 aromatic carbocycles. The van der Waals surface area contributed by atoms with Crippen LogP contribution in [0.5, 0.6) is 0 Å². The second kappa shape index (κ2) is 3.91. The fraction of sp³-hybridized carbons (Fsp3) is 0.600. The molecule has 1 aliphatic rings. The predicted molar refractivity (Wildman–Crippen MR) is 61.3 cm³/mol. The van der Waals surface area contributed by atoms with Gasteiger partial charge in [0.25, 0.3) is 0 Å². The lowest BCUT2D eigenvalue weighted by molar-refractivity contribution is 0.144. The molecular formula is C10H13BrFNS. The van der Waals surface area contributed by atoms with Crippen molar-refractivity contribution in [2.75, 3.05) is 6.54 Å². The second-order valence-electron chi connectivity index (χ2n) is 3.92. The van der Waals surface area contributed by atoms with Gasteiger partial charge in [-0.05, 0) is 40.8 Å². The number of rotatable bonds is 4. The molecule has 2 rings (SSSR count). The molecule has 14 heavy (non-hydrogen) atoms. The second-order valence-corrected chi connectivity index (χ2v) is 5.83. The molecule has 1 atom stereocenters. The van der Waals surface area contributed by atoms with Gasteiger partial charge in [-0.2, -0.15) is 0 Å². The average Bonchev–Trinajstić information content (AvgIpc) is 2.93. The minimum atomic E-state index is -1.16. The Morgan fingerprint density at radius 2 is 2.36 bits per heavy atom. The standard InChI is InChI=1S/C10H13BrFNS/c11-8-3-9(14-5-8)4-10(12,6-13)7-1-2-7/h3,5,7H,1-2,4,6,13H2. The summed E-state index contributed by atoms with van der Waals surface area (Å²) in [5.41, 5.74) is 4.36. The van der Waals surface area contributed by atoms with E-state index in [2.05, 4.69) is 15.9 Å². The number of hydrogen-bond acceptors (Lipinski definition) is 2. The topological polar surface area (TPSA) is 26.0 Å². The van der Waals surface area contributed by atoms with E-state index >= 15 is 0 Å². The monoisotopic (exact) mass is 277 g/mol. The highest BCUT2D eigenvalue weighted by Crippen LogP contribution is 2.44. The van der Waals surface area contributed by atoms with E-state index in [-0.39, 0.29) is 12.5 Å². The molecule has 0 radical (unpaired) electrons. The molecule has 1 fully saturated rings. The van der Waals surface area contributed by atoms with Crippen LogP contribution in [-0.4, -0.2) is 12.2 Å². The summed E-state index contributed by atoms with van der Waals surface area (Å²) in [7, 11) is 0. The molecule has 1 aromatic rings. The molecule has 1 saturated carbocycles. The SMILES string of the molecule is NCC(F)(Cc1cc(Br)cs1)C1CC1. The van der Waals surface area contributed by atoms with Crippen LogP contribution in [0.4, 0.5) is 4.39 Å². The Morgan fingerprint density at radius 3 is 2.79 bits per heavy atom. The summed E-state index contributed by atoms with van der Waals surface area (Å²) in [5, 5.41) is 1.99. The number of nitrogens with two attached hydrogens (primary N) is 1. The third-order valence-corrected chi connectivity index (χ3v) is 4.44. The van der Waals surface area contributed by atoms with Gasteiger partial charge in [0.2, 0.25) is 0 Å². The van der Waals surface area contributed by atoms with Crippen LogP contribution in [0.3, 0.4) is 0 Å². The molecule has 4 heteroatoms. The minimum absolute atomic E-state index is 0.146. The smallest absolute Gasteiger partial charge is 0.130 e. The van der Waals surface area contributed by atoms with E-state index in [4.69, 9.17) is 5.73 Å². The Kier molecular flexibility index (Phi) is 2.96. The first-order valence-corrected chi connectivity index (χ1v) is 6.43.